The number of nitrogens with two attached hydrogens (primary N) is 1. The van der Waals surface area contributed by atoms with Crippen LogP contribution in [-0.4, -0.2) is 18.4 Å². The maximum absolute atomic E-state index is 6.50. The number of nitrogens with one attached hydrogen (secondary N) is 2. The van der Waals surface area contributed by atoms with Gasteiger partial charge in [-0.3, -0.25) is 10.3 Å². The van der Waals surface area contributed by atoms with Crippen LogP contribution in [0.5, 0.6) is 0 Å². The molecule has 0 saturated carbocycles. The van der Waals surface area contributed by atoms with Crippen molar-refractivity contribution in [2.45, 2.75) is 37.9 Å². The van der Waals surface area contributed by atoms with E-state index in [1.165, 1.54) is 50.4 Å². The van der Waals surface area contributed by atoms with E-state index in [0.717, 1.165) is 42.5 Å². The lowest BCUT2D eigenvalue weighted by atomic mass is 9.75. The SMILES string of the molecule is NC/C(=C1\NC(c2ccccc2)=C(C2CC=C(C3N=C(c4ccccc4)CC(c4ccccc4)N3)CC2)c2ccccc21)c1ccccc1. The summed E-state index contributed by atoms with van der Waals surface area (Å²) < 4.78 is 0. The summed E-state index contributed by atoms with van der Waals surface area (Å²) >= 11 is 0. The Bertz CT molecular complexity index is 2040. The summed E-state index contributed by atoms with van der Waals surface area (Å²) in [6, 6.07) is 51.9. The molecule has 5 aromatic carbocycles. The molecule has 3 unspecified atom stereocenters. The van der Waals surface area contributed by atoms with E-state index in [0.29, 0.717) is 12.5 Å². The summed E-state index contributed by atoms with van der Waals surface area (Å²) in [6.45, 7) is 0.442. The van der Waals surface area contributed by atoms with Crippen LogP contribution in [0.4, 0.5) is 0 Å². The van der Waals surface area contributed by atoms with Crippen LogP contribution < -0.4 is 16.4 Å². The fourth-order valence-corrected chi connectivity index (χ4v) is 7.79. The van der Waals surface area contributed by atoms with Gasteiger partial charge in [0.25, 0.3) is 0 Å². The molecule has 0 spiro atoms. The van der Waals surface area contributed by atoms with Crippen LogP contribution >= 0.6 is 0 Å². The molecule has 3 atom stereocenters. The summed E-state index contributed by atoms with van der Waals surface area (Å²) in [5.74, 6) is 0.360. The molecule has 1 aliphatic carbocycles. The number of allylic oxidation sites excluding steroid dienone is 2. The van der Waals surface area contributed by atoms with Crippen molar-refractivity contribution in [3.63, 3.8) is 0 Å². The largest absolute Gasteiger partial charge is 0.354 e. The molecule has 5 aromatic rings. The highest BCUT2D eigenvalue weighted by atomic mass is 15.1. The van der Waals surface area contributed by atoms with Crippen LogP contribution in [0.15, 0.2) is 162 Å². The second-order valence-electron chi connectivity index (χ2n) is 13.2. The second kappa shape index (κ2) is 14.1. The van der Waals surface area contributed by atoms with Gasteiger partial charge in [0.15, 0.2) is 0 Å². The molecule has 4 heteroatoms. The Morgan fingerprint density at radius 2 is 1.31 bits per heavy atom. The van der Waals surface area contributed by atoms with Gasteiger partial charge in [0.05, 0.1) is 5.70 Å². The molecule has 0 amide bonds. The number of hydrogen-bond donors (Lipinski definition) is 3. The topological polar surface area (TPSA) is 62.4 Å². The van der Waals surface area contributed by atoms with Crippen LogP contribution in [0.3, 0.4) is 0 Å². The van der Waals surface area contributed by atoms with E-state index in [9.17, 15) is 0 Å². The van der Waals surface area contributed by atoms with Crippen molar-refractivity contribution in [2.24, 2.45) is 16.6 Å². The van der Waals surface area contributed by atoms with Crippen molar-refractivity contribution < 1.29 is 0 Å². The van der Waals surface area contributed by atoms with Crippen molar-refractivity contribution in [3.05, 3.63) is 191 Å². The fourth-order valence-electron chi connectivity index (χ4n) is 7.79. The van der Waals surface area contributed by atoms with Crippen LogP contribution in [0.25, 0.3) is 22.5 Å². The molecule has 0 bridgehead atoms. The fraction of sp³-hybridized carbons (Fsp3) is 0.178. The molecule has 0 fully saturated rings. The van der Waals surface area contributed by atoms with Gasteiger partial charge >= 0.3 is 0 Å². The first-order valence-corrected chi connectivity index (χ1v) is 17.5. The molecule has 2 heterocycles. The van der Waals surface area contributed by atoms with Gasteiger partial charge in [-0.25, -0.2) is 0 Å². The smallest absolute Gasteiger partial charge is 0.122 e. The lowest BCUT2D eigenvalue weighted by Gasteiger charge is -2.36. The highest BCUT2D eigenvalue weighted by molar-refractivity contribution is 6.06. The molecule has 49 heavy (non-hydrogen) atoms. The molecule has 2 aliphatic heterocycles. The second-order valence-corrected chi connectivity index (χ2v) is 13.2. The minimum absolute atomic E-state index is 0.0398. The molecule has 4 N–H and O–H groups in total. The highest BCUT2D eigenvalue weighted by Crippen LogP contribution is 2.46. The Balaban J connectivity index is 1.17. The van der Waals surface area contributed by atoms with Gasteiger partial charge in [-0.1, -0.05) is 152 Å². The molecule has 0 saturated heterocycles. The molecule has 8 rings (SSSR count). The van der Waals surface area contributed by atoms with E-state index in [2.05, 4.69) is 162 Å². The number of nitrogens with zero attached hydrogens (tertiary/aromatic N) is 1. The first kappa shape index (κ1) is 31.0. The van der Waals surface area contributed by atoms with Gasteiger partial charge < -0.3 is 11.1 Å². The van der Waals surface area contributed by atoms with E-state index in [-0.39, 0.29) is 12.2 Å². The Morgan fingerprint density at radius 1 is 0.694 bits per heavy atom. The third kappa shape index (κ3) is 6.33. The average molecular weight is 639 g/mol. The van der Waals surface area contributed by atoms with Crippen molar-refractivity contribution in [3.8, 4) is 0 Å². The third-order valence-electron chi connectivity index (χ3n) is 10.3. The first-order chi connectivity index (χ1) is 24.3. The molecule has 3 aliphatic rings. The summed E-state index contributed by atoms with van der Waals surface area (Å²) in [5.41, 5.74) is 21.2. The maximum Gasteiger partial charge on any atom is 0.122 e. The number of aliphatic imine (C=N–C) groups is 1. The molecule has 4 nitrogen and oxygen atoms in total. The lowest BCUT2D eigenvalue weighted by molar-refractivity contribution is 0.441. The first-order valence-electron chi connectivity index (χ1n) is 17.5. The minimum atomic E-state index is -0.0398. The van der Waals surface area contributed by atoms with E-state index in [4.69, 9.17) is 10.7 Å². The lowest BCUT2D eigenvalue weighted by Crippen LogP contribution is -2.40. The van der Waals surface area contributed by atoms with Crippen molar-refractivity contribution >= 4 is 28.3 Å². The Kier molecular flexibility index (Phi) is 8.89. The molecular weight excluding hydrogens is 597 g/mol. The predicted molar refractivity (Wildman–Crippen MR) is 204 cm³/mol. The predicted octanol–water partition coefficient (Wildman–Crippen LogP) is 9.26. The molecule has 0 radical (unpaired) electrons. The van der Waals surface area contributed by atoms with Crippen molar-refractivity contribution in [2.75, 3.05) is 6.54 Å². The average Bonchev–Trinajstić information content (AvgIpc) is 3.19. The molecule has 242 valence electrons. The van der Waals surface area contributed by atoms with Crippen molar-refractivity contribution in [1.29, 1.82) is 0 Å². The number of benzene rings is 5. The Labute approximate surface area is 289 Å². The van der Waals surface area contributed by atoms with Crippen molar-refractivity contribution in [1.82, 2.24) is 10.6 Å². The summed E-state index contributed by atoms with van der Waals surface area (Å²) in [5, 5.41) is 7.90. The quantitative estimate of drug-likeness (QED) is 0.156. The van der Waals surface area contributed by atoms with E-state index >= 15 is 0 Å². The van der Waals surface area contributed by atoms with Crippen LogP contribution in [0.2, 0.25) is 0 Å². The number of hydrogen-bond acceptors (Lipinski definition) is 4. The summed E-state index contributed by atoms with van der Waals surface area (Å²) in [7, 11) is 0. The minimum Gasteiger partial charge on any atom is -0.354 e. The summed E-state index contributed by atoms with van der Waals surface area (Å²) in [4.78, 5) is 5.35. The van der Waals surface area contributed by atoms with Gasteiger partial charge in [-0.05, 0) is 69.7 Å². The van der Waals surface area contributed by atoms with Gasteiger partial charge in [0.1, 0.15) is 6.17 Å². The zero-order chi connectivity index (χ0) is 33.0. The van der Waals surface area contributed by atoms with E-state index < -0.39 is 0 Å². The summed E-state index contributed by atoms with van der Waals surface area (Å²) in [6.07, 6.45) is 6.32. The van der Waals surface area contributed by atoms with Crippen LogP contribution in [0.1, 0.15) is 65.1 Å². The Morgan fingerprint density at radius 3 is 1.96 bits per heavy atom. The van der Waals surface area contributed by atoms with E-state index in [1.807, 2.05) is 0 Å². The van der Waals surface area contributed by atoms with Gasteiger partial charge in [-0.2, -0.15) is 0 Å². The maximum atomic E-state index is 6.50. The number of rotatable bonds is 7. The Hall–Kier alpha value is -5.29. The normalized spacial score (nSPS) is 21.6. The zero-order valence-electron chi connectivity index (χ0n) is 27.7. The number of fused-ring (bicyclic) bond motifs is 1. The van der Waals surface area contributed by atoms with Gasteiger partial charge in [0.2, 0.25) is 0 Å². The van der Waals surface area contributed by atoms with Crippen LogP contribution in [0, 0.1) is 5.92 Å². The van der Waals surface area contributed by atoms with Crippen LogP contribution in [-0.2, 0) is 0 Å². The third-order valence-corrected chi connectivity index (χ3v) is 10.3. The van der Waals surface area contributed by atoms with E-state index in [1.54, 1.807) is 0 Å². The monoisotopic (exact) mass is 638 g/mol. The zero-order valence-corrected chi connectivity index (χ0v) is 27.7. The molecule has 0 aromatic heterocycles. The standard InChI is InChI=1S/C45H42N4/c46-30-39(31-15-5-1-6-16-31)44-38-24-14-13-23-37(38)42(43(49-44)35-21-11-4-12-22-35)34-25-27-36(28-26-34)45-47-40(32-17-7-2-8-18-32)29-41(48-45)33-19-9-3-10-20-33/h1-24,27,34,40,45,47,49H,25-26,28-30,46H2/b44-39+. The van der Waals surface area contributed by atoms with Gasteiger partial charge in [0, 0.05) is 36.0 Å². The van der Waals surface area contributed by atoms with Gasteiger partial charge in [-0.15, -0.1) is 0 Å². The highest BCUT2D eigenvalue weighted by Gasteiger charge is 2.33. The molecular formula is C45H42N4.